The van der Waals surface area contributed by atoms with Gasteiger partial charge in [0.25, 0.3) is 0 Å². The van der Waals surface area contributed by atoms with E-state index in [1.165, 1.54) is 109 Å². The SMILES string of the molecule is CCCCCCCCCCCCCCCCC(=O)OCC(COC1OC(C(=O)O)C(O)C(O)C1O)OC(=O)CCCCCCCCCCCCC. The van der Waals surface area contributed by atoms with Crippen LogP contribution in [0.4, 0.5) is 0 Å². The highest BCUT2D eigenvalue weighted by molar-refractivity contribution is 5.73. The Kier molecular flexibility index (Phi) is 29.4. The molecule has 4 N–H and O–H groups in total. The Bertz CT molecular complexity index is 869. The summed E-state index contributed by atoms with van der Waals surface area (Å²) in [6, 6.07) is 0. The van der Waals surface area contributed by atoms with E-state index in [9.17, 15) is 34.8 Å². The quantitative estimate of drug-likeness (QED) is 0.0375. The molecule has 0 radical (unpaired) electrons. The van der Waals surface area contributed by atoms with Crippen LogP contribution in [0.15, 0.2) is 0 Å². The van der Waals surface area contributed by atoms with Crippen molar-refractivity contribution in [3.8, 4) is 0 Å². The van der Waals surface area contributed by atoms with E-state index in [1.54, 1.807) is 0 Å². The molecule has 0 aromatic rings. The summed E-state index contributed by atoms with van der Waals surface area (Å²) in [5, 5.41) is 39.7. The van der Waals surface area contributed by atoms with E-state index >= 15 is 0 Å². The summed E-state index contributed by atoms with van der Waals surface area (Å²) < 4.78 is 21.7. The molecule has 300 valence electrons. The fourth-order valence-corrected chi connectivity index (χ4v) is 6.41. The number of carbonyl (C=O) groups excluding carboxylic acids is 2. The second-order valence-corrected chi connectivity index (χ2v) is 14.5. The van der Waals surface area contributed by atoms with Gasteiger partial charge in [0.1, 0.15) is 24.9 Å². The molecule has 0 spiro atoms. The van der Waals surface area contributed by atoms with E-state index in [1.807, 2.05) is 0 Å². The Morgan fingerprint density at radius 3 is 1.33 bits per heavy atom. The van der Waals surface area contributed by atoms with Crippen LogP contribution in [-0.2, 0) is 33.3 Å². The average Bonchev–Trinajstić information content (AvgIpc) is 3.11. The zero-order valence-corrected chi connectivity index (χ0v) is 32.1. The number of rotatable bonds is 34. The smallest absolute Gasteiger partial charge is 0.335 e. The zero-order chi connectivity index (χ0) is 37.5. The standard InChI is InChI=1S/C40H74O11/c1-3-5-7-9-11-13-15-16-17-19-20-22-24-26-28-33(41)48-30-32(31-49-40-37(45)35(43)36(44)38(51-40)39(46)47)50-34(42)29-27-25-23-21-18-14-12-10-8-6-4-2/h32,35-38,40,43-45H,3-31H2,1-2H3,(H,46,47). The molecule has 11 heteroatoms. The minimum Gasteiger partial charge on any atom is -0.479 e. The minimum atomic E-state index is -1.85. The molecule has 11 nitrogen and oxygen atoms in total. The second kappa shape index (κ2) is 31.7. The molecular weight excluding hydrogens is 656 g/mol. The van der Waals surface area contributed by atoms with Crippen molar-refractivity contribution in [2.45, 2.75) is 224 Å². The molecule has 0 bridgehead atoms. The fraction of sp³-hybridized carbons (Fsp3) is 0.925. The van der Waals surface area contributed by atoms with Crippen LogP contribution in [0.25, 0.3) is 0 Å². The Hall–Kier alpha value is -1.79. The number of aliphatic hydroxyl groups excluding tert-OH is 3. The normalized spacial score (nSPS) is 21.0. The summed E-state index contributed by atoms with van der Waals surface area (Å²) in [6.07, 6.45) is 20.2. The number of carboxylic acids is 1. The summed E-state index contributed by atoms with van der Waals surface area (Å²) >= 11 is 0. The van der Waals surface area contributed by atoms with E-state index in [0.717, 1.165) is 38.5 Å². The van der Waals surface area contributed by atoms with Crippen LogP contribution in [0.2, 0.25) is 0 Å². The van der Waals surface area contributed by atoms with Gasteiger partial charge in [-0.25, -0.2) is 4.79 Å². The molecule has 1 heterocycles. The fourth-order valence-electron chi connectivity index (χ4n) is 6.41. The minimum absolute atomic E-state index is 0.190. The molecule has 0 saturated carbocycles. The lowest BCUT2D eigenvalue weighted by molar-refractivity contribution is -0.298. The van der Waals surface area contributed by atoms with Crippen LogP contribution in [0.1, 0.15) is 187 Å². The number of carbonyl (C=O) groups is 3. The van der Waals surface area contributed by atoms with Gasteiger partial charge in [0.05, 0.1) is 6.61 Å². The number of hydrogen-bond donors (Lipinski definition) is 4. The van der Waals surface area contributed by atoms with Gasteiger partial charge >= 0.3 is 17.9 Å². The number of aliphatic hydroxyl groups is 3. The highest BCUT2D eigenvalue weighted by atomic mass is 16.7. The van der Waals surface area contributed by atoms with Gasteiger partial charge in [-0.05, 0) is 12.8 Å². The molecule has 51 heavy (non-hydrogen) atoms. The zero-order valence-electron chi connectivity index (χ0n) is 32.1. The molecule has 1 aliphatic heterocycles. The second-order valence-electron chi connectivity index (χ2n) is 14.5. The van der Waals surface area contributed by atoms with Crippen molar-refractivity contribution < 1.29 is 53.8 Å². The molecule has 1 fully saturated rings. The van der Waals surface area contributed by atoms with Crippen molar-refractivity contribution in [2.24, 2.45) is 0 Å². The highest BCUT2D eigenvalue weighted by Crippen LogP contribution is 2.23. The summed E-state index contributed by atoms with van der Waals surface area (Å²) in [7, 11) is 0. The first-order valence-corrected chi connectivity index (χ1v) is 20.6. The number of unbranched alkanes of at least 4 members (excludes halogenated alkanes) is 23. The van der Waals surface area contributed by atoms with Gasteiger partial charge in [0.2, 0.25) is 0 Å². The first kappa shape index (κ1) is 47.2. The van der Waals surface area contributed by atoms with Gasteiger partial charge in [-0.3, -0.25) is 9.59 Å². The monoisotopic (exact) mass is 731 g/mol. The third-order valence-electron chi connectivity index (χ3n) is 9.71. The number of esters is 2. The van der Waals surface area contributed by atoms with Crippen LogP contribution in [-0.4, -0.2) is 88.4 Å². The van der Waals surface area contributed by atoms with Gasteiger partial charge in [-0.2, -0.15) is 0 Å². The Morgan fingerprint density at radius 2 is 0.922 bits per heavy atom. The molecule has 6 atom stereocenters. The molecular formula is C40H74O11. The van der Waals surface area contributed by atoms with E-state index in [0.29, 0.717) is 12.8 Å². The molecule has 0 aromatic carbocycles. The largest absolute Gasteiger partial charge is 0.479 e. The van der Waals surface area contributed by atoms with Gasteiger partial charge < -0.3 is 39.4 Å². The van der Waals surface area contributed by atoms with Crippen LogP contribution in [0, 0.1) is 0 Å². The van der Waals surface area contributed by atoms with E-state index < -0.39 is 54.7 Å². The van der Waals surface area contributed by atoms with E-state index in [4.69, 9.17) is 18.9 Å². The average molecular weight is 731 g/mol. The van der Waals surface area contributed by atoms with Crippen LogP contribution in [0.5, 0.6) is 0 Å². The summed E-state index contributed by atoms with van der Waals surface area (Å²) in [4.78, 5) is 36.6. The third-order valence-corrected chi connectivity index (χ3v) is 9.71. The molecule has 0 aromatic heterocycles. The lowest BCUT2D eigenvalue weighted by Gasteiger charge is -2.38. The molecule has 0 amide bonds. The molecule has 0 aliphatic carbocycles. The van der Waals surface area contributed by atoms with Crippen molar-refractivity contribution in [3.63, 3.8) is 0 Å². The molecule has 6 unspecified atom stereocenters. The predicted octanol–water partition coefficient (Wildman–Crippen LogP) is 7.92. The molecule has 1 rings (SSSR count). The predicted molar refractivity (Wildman–Crippen MR) is 197 cm³/mol. The maximum atomic E-state index is 12.7. The first-order valence-electron chi connectivity index (χ1n) is 20.6. The third kappa shape index (κ3) is 24.2. The Morgan fingerprint density at radius 1 is 0.529 bits per heavy atom. The van der Waals surface area contributed by atoms with Gasteiger partial charge in [0, 0.05) is 12.8 Å². The number of aliphatic carboxylic acids is 1. The van der Waals surface area contributed by atoms with Crippen LogP contribution in [0.3, 0.4) is 0 Å². The van der Waals surface area contributed by atoms with E-state index in [-0.39, 0.29) is 26.1 Å². The van der Waals surface area contributed by atoms with Gasteiger partial charge in [-0.15, -0.1) is 0 Å². The lowest BCUT2D eigenvalue weighted by atomic mass is 9.99. The Labute approximate surface area is 308 Å². The van der Waals surface area contributed by atoms with Crippen molar-refractivity contribution in [3.05, 3.63) is 0 Å². The van der Waals surface area contributed by atoms with E-state index in [2.05, 4.69) is 13.8 Å². The first-order chi connectivity index (χ1) is 24.7. The molecule has 1 aliphatic rings. The summed E-state index contributed by atoms with van der Waals surface area (Å²) in [6.45, 7) is 3.80. The van der Waals surface area contributed by atoms with Crippen molar-refractivity contribution >= 4 is 17.9 Å². The van der Waals surface area contributed by atoms with Crippen molar-refractivity contribution in [1.82, 2.24) is 0 Å². The number of hydrogen-bond acceptors (Lipinski definition) is 10. The number of ether oxygens (including phenoxy) is 4. The van der Waals surface area contributed by atoms with Gasteiger partial charge in [-0.1, -0.05) is 162 Å². The van der Waals surface area contributed by atoms with Crippen LogP contribution < -0.4 is 0 Å². The topological polar surface area (TPSA) is 169 Å². The maximum Gasteiger partial charge on any atom is 0.335 e. The summed E-state index contributed by atoms with van der Waals surface area (Å²) in [5.41, 5.74) is 0. The molecule has 1 saturated heterocycles. The van der Waals surface area contributed by atoms with Crippen molar-refractivity contribution in [1.29, 1.82) is 0 Å². The highest BCUT2D eigenvalue weighted by Gasteiger charge is 2.47. The van der Waals surface area contributed by atoms with Crippen molar-refractivity contribution in [2.75, 3.05) is 13.2 Å². The van der Waals surface area contributed by atoms with Gasteiger partial charge in [0.15, 0.2) is 18.5 Å². The maximum absolute atomic E-state index is 12.7. The summed E-state index contributed by atoms with van der Waals surface area (Å²) in [5.74, 6) is -2.43. The Balaban J connectivity index is 2.40. The number of carboxylic acid groups (broad SMARTS) is 1. The lowest BCUT2D eigenvalue weighted by Crippen LogP contribution is -2.60. The van der Waals surface area contributed by atoms with Crippen LogP contribution >= 0.6 is 0 Å².